The van der Waals surface area contributed by atoms with Crippen molar-refractivity contribution >= 4 is 17.6 Å². The van der Waals surface area contributed by atoms with E-state index in [0.717, 1.165) is 0 Å². The molecule has 0 aliphatic carbocycles. The van der Waals surface area contributed by atoms with E-state index in [4.69, 9.17) is 21.4 Å². The molecular formula is C13H11ClN2O3. The maximum Gasteiger partial charge on any atom is 0.308 e. The van der Waals surface area contributed by atoms with E-state index in [-0.39, 0.29) is 12.3 Å². The van der Waals surface area contributed by atoms with Crippen molar-refractivity contribution in [1.82, 2.24) is 9.97 Å². The van der Waals surface area contributed by atoms with Crippen LogP contribution in [0.4, 0.5) is 0 Å². The molecule has 0 spiro atoms. The molecule has 2 rings (SSSR count). The second-order valence-corrected chi connectivity index (χ2v) is 4.19. The van der Waals surface area contributed by atoms with Gasteiger partial charge in [-0.15, -0.1) is 0 Å². The first-order chi connectivity index (χ1) is 9.11. The third-order valence-corrected chi connectivity index (χ3v) is 2.80. The van der Waals surface area contributed by atoms with E-state index in [1.165, 1.54) is 13.3 Å². The van der Waals surface area contributed by atoms with Gasteiger partial charge in [-0.1, -0.05) is 23.7 Å². The van der Waals surface area contributed by atoms with E-state index in [9.17, 15) is 4.79 Å². The topological polar surface area (TPSA) is 72.3 Å². The van der Waals surface area contributed by atoms with Gasteiger partial charge in [0.2, 0.25) is 5.88 Å². The number of aromatic nitrogens is 2. The van der Waals surface area contributed by atoms with Crippen LogP contribution in [0.1, 0.15) is 5.56 Å². The van der Waals surface area contributed by atoms with Crippen LogP contribution in [0.15, 0.2) is 30.5 Å². The summed E-state index contributed by atoms with van der Waals surface area (Å²) in [7, 11) is 1.43. The summed E-state index contributed by atoms with van der Waals surface area (Å²) in [5.74, 6) is -0.323. The van der Waals surface area contributed by atoms with Gasteiger partial charge >= 0.3 is 5.97 Å². The first kappa shape index (κ1) is 13.3. The molecule has 0 aliphatic heterocycles. The highest BCUT2D eigenvalue weighted by Crippen LogP contribution is 2.26. The van der Waals surface area contributed by atoms with Gasteiger partial charge in [0.05, 0.1) is 18.6 Å². The number of nitrogens with zero attached hydrogens (tertiary/aromatic N) is 2. The Morgan fingerprint density at radius 3 is 2.79 bits per heavy atom. The number of methoxy groups -OCH3 is 1. The third-order valence-electron chi connectivity index (χ3n) is 2.47. The van der Waals surface area contributed by atoms with Crippen LogP contribution >= 0.6 is 11.6 Å². The minimum atomic E-state index is -0.965. The van der Waals surface area contributed by atoms with Gasteiger partial charge in [0, 0.05) is 17.3 Å². The van der Waals surface area contributed by atoms with Crippen LogP contribution in [-0.4, -0.2) is 28.2 Å². The van der Waals surface area contributed by atoms with Crippen LogP contribution in [0, 0.1) is 0 Å². The first-order valence-electron chi connectivity index (χ1n) is 5.48. The van der Waals surface area contributed by atoms with Crippen LogP contribution in [0.2, 0.25) is 5.02 Å². The summed E-state index contributed by atoms with van der Waals surface area (Å²) in [6, 6.07) is 7.15. The Morgan fingerprint density at radius 2 is 2.16 bits per heavy atom. The van der Waals surface area contributed by atoms with Crippen LogP contribution in [0.25, 0.3) is 11.4 Å². The molecule has 1 aromatic heterocycles. The summed E-state index contributed by atoms with van der Waals surface area (Å²) in [6.07, 6.45) is 1.25. The zero-order chi connectivity index (χ0) is 13.8. The predicted molar refractivity (Wildman–Crippen MR) is 70.4 cm³/mol. The van der Waals surface area contributed by atoms with E-state index in [0.29, 0.717) is 22.0 Å². The average molecular weight is 279 g/mol. The van der Waals surface area contributed by atoms with Crippen molar-refractivity contribution in [2.24, 2.45) is 0 Å². The molecule has 1 heterocycles. The zero-order valence-corrected chi connectivity index (χ0v) is 10.9. The van der Waals surface area contributed by atoms with Gasteiger partial charge < -0.3 is 9.84 Å². The highest BCUT2D eigenvalue weighted by atomic mass is 35.5. The Bertz CT molecular complexity index is 617. The largest absolute Gasteiger partial charge is 0.481 e. The number of rotatable bonds is 4. The smallest absolute Gasteiger partial charge is 0.308 e. The number of ether oxygens (including phenoxy) is 1. The lowest BCUT2D eigenvalue weighted by Gasteiger charge is -2.08. The van der Waals surface area contributed by atoms with Crippen molar-refractivity contribution in [3.8, 4) is 17.3 Å². The fourth-order valence-corrected chi connectivity index (χ4v) is 1.84. The van der Waals surface area contributed by atoms with Crippen LogP contribution < -0.4 is 4.74 Å². The fourth-order valence-electron chi connectivity index (χ4n) is 1.62. The number of halogens is 1. The van der Waals surface area contributed by atoms with Crippen LogP contribution in [-0.2, 0) is 11.2 Å². The molecule has 19 heavy (non-hydrogen) atoms. The summed E-state index contributed by atoms with van der Waals surface area (Å²) in [5, 5.41) is 9.31. The number of hydrogen-bond donors (Lipinski definition) is 1. The zero-order valence-electron chi connectivity index (χ0n) is 10.1. The summed E-state index contributed by atoms with van der Waals surface area (Å²) >= 11 is 6.06. The number of hydrogen-bond acceptors (Lipinski definition) is 4. The monoisotopic (exact) mass is 278 g/mol. The summed E-state index contributed by atoms with van der Waals surface area (Å²) in [5.41, 5.74) is 1.09. The van der Waals surface area contributed by atoms with E-state index < -0.39 is 5.97 Å². The number of benzene rings is 1. The molecule has 98 valence electrons. The minimum Gasteiger partial charge on any atom is -0.481 e. The summed E-state index contributed by atoms with van der Waals surface area (Å²) < 4.78 is 5.09. The first-order valence-corrected chi connectivity index (χ1v) is 5.86. The number of carboxylic acids is 1. The Kier molecular flexibility index (Phi) is 3.97. The maximum absolute atomic E-state index is 10.7. The Hall–Kier alpha value is -2.14. The number of carboxylic acid groups (broad SMARTS) is 1. The lowest BCUT2D eigenvalue weighted by atomic mass is 10.2. The Labute approximate surface area is 114 Å². The Balaban J connectivity index is 2.45. The second kappa shape index (κ2) is 5.67. The van der Waals surface area contributed by atoms with Gasteiger partial charge in [-0.25, -0.2) is 4.98 Å². The normalized spacial score (nSPS) is 10.2. The van der Waals surface area contributed by atoms with Crippen molar-refractivity contribution in [2.75, 3.05) is 7.11 Å². The lowest BCUT2D eigenvalue weighted by Crippen LogP contribution is -2.05. The maximum atomic E-state index is 10.7. The molecule has 2 aromatic rings. The minimum absolute atomic E-state index is 0.189. The van der Waals surface area contributed by atoms with Gasteiger partial charge in [0.1, 0.15) is 0 Å². The van der Waals surface area contributed by atoms with Gasteiger partial charge in [0.25, 0.3) is 0 Å². The van der Waals surface area contributed by atoms with Crippen molar-refractivity contribution in [1.29, 1.82) is 0 Å². The molecule has 0 saturated carbocycles. The predicted octanol–water partition coefficient (Wildman–Crippen LogP) is 2.43. The molecule has 0 saturated heterocycles. The molecule has 0 aliphatic rings. The van der Waals surface area contributed by atoms with Crippen molar-refractivity contribution < 1.29 is 14.6 Å². The molecule has 0 fully saturated rings. The van der Waals surface area contributed by atoms with E-state index >= 15 is 0 Å². The molecule has 0 unspecified atom stereocenters. The highest BCUT2D eigenvalue weighted by molar-refractivity contribution is 6.33. The van der Waals surface area contributed by atoms with E-state index in [2.05, 4.69) is 9.97 Å². The van der Waals surface area contributed by atoms with E-state index in [1.807, 2.05) is 12.1 Å². The third kappa shape index (κ3) is 3.00. The van der Waals surface area contributed by atoms with E-state index in [1.54, 1.807) is 12.1 Å². The van der Waals surface area contributed by atoms with Crippen molar-refractivity contribution in [3.05, 3.63) is 41.0 Å². The SMILES string of the molecule is COc1nc(-c2ccccc2Cl)ncc1CC(=O)O. The van der Waals surface area contributed by atoms with Crippen molar-refractivity contribution in [3.63, 3.8) is 0 Å². The molecule has 0 radical (unpaired) electrons. The quantitative estimate of drug-likeness (QED) is 0.930. The second-order valence-electron chi connectivity index (χ2n) is 3.78. The molecule has 1 N–H and O–H groups in total. The number of aliphatic carboxylic acids is 1. The van der Waals surface area contributed by atoms with Gasteiger partial charge in [0.15, 0.2) is 5.82 Å². The molecule has 0 atom stereocenters. The molecule has 1 aromatic carbocycles. The molecule has 0 bridgehead atoms. The van der Waals surface area contributed by atoms with Gasteiger partial charge in [-0.05, 0) is 12.1 Å². The summed E-state index contributed by atoms with van der Waals surface area (Å²) in [4.78, 5) is 19.0. The highest BCUT2D eigenvalue weighted by Gasteiger charge is 2.13. The van der Waals surface area contributed by atoms with Crippen LogP contribution in [0.3, 0.4) is 0 Å². The Morgan fingerprint density at radius 1 is 1.42 bits per heavy atom. The van der Waals surface area contributed by atoms with Gasteiger partial charge in [-0.2, -0.15) is 4.98 Å². The van der Waals surface area contributed by atoms with Gasteiger partial charge in [-0.3, -0.25) is 4.79 Å². The van der Waals surface area contributed by atoms with Crippen LogP contribution in [0.5, 0.6) is 5.88 Å². The number of carbonyl (C=O) groups is 1. The summed E-state index contributed by atoms with van der Waals surface area (Å²) in [6.45, 7) is 0. The molecular weight excluding hydrogens is 268 g/mol. The lowest BCUT2D eigenvalue weighted by molar-refractivity contribution is -0.136. The molecule has 6 heteroatoms. The molecule has 5 nitrogen and oxygen atoms in total. The van der Waals surface area contributed by atoms with Crippen molar-refractivity contribution in [2.45, 2.75) is 6.42 Å². The molecule has 0 amide bonds. The standard InChI is InChI=1S/C13H11ClN2O3/c1-19-13-8(6-11(17)18)7-15-12(16-13)9-4-2-3-5-10(9)14/h2-5,7H,6H2,1H3,(H,17,18). The average Bonchev–Trinajstić information content (AvgIpc) is 2.39. The fraction of sp³-hybridized carbons (Fsp3) is 0.154.